The van der Waals surface area contributed by atoms with E-state index in [2.05, 4.69) is 38.1 Å². The highest BCUT2D eigenvalue weighted by molar-refractivity contribution is 5.86. The second-order valence-corrected chi connectivity index (χ2v) is 7.20. The third-order valence-corrected chi connectivity index (χ3v) is 5.14. The molecule has 0 amide bonds. The van der Waals surface area contributed by atoms with E-state index in [-0.39, 0.29) is 12.0 Å². The van der Waals surface area contributed by atoms with Crippen LogP contribution in [0.5, 0.6) is 0 Å². The number of carbonyl (C=O) groups is 1. The van der Waals surface area contributed by atoms with Gasteiger partial charge in [0.2, 0.25) is 0 Å². The van der Waals surface area contributed by atoms with Crippen molar-refractivity contribution in [2.24, 2.45) is 0 Å². The molecular formula is C22H34O2. The van der Waals surface area contributed by atoms with E-state index >= 15 is 0 Å². The van der Waals surface area contributed by atoms with E-state index in [0.717, 1.165) is 45.1 Å². The van der Waals surface area contributed by atoms with Crippen LogP contribution in [0.1, 0.15) is 88.7 Å². The van der Waals surface area contributed by atoms with Crippen LogP contribution in [-0.4, -0.2) is 18.5 Å². The average Bonchev–Trinajstić information content (AvgIpc) is 2.62. The summed E-state index contributed by atoms with van der Waals surface area (Å²) < 4.78 is 5.78. The first-order chi connectivity index (χ1) is 11.7. The SMILES string of the molecule is CCCCc1ccc(C(CCCC)C(=O)CC2CCCCO2)cc1. The van der Waals surface area contributed by atoms with E-state index in [1.165, 1.54) is 30.4 Å². The molecule has 0 aromatic heterocycles. The molecule has 2 nitrogen and oxygen atoms in total. The lowest BCUT2D eigenvalue weighted by molar-refractivity contribution is -0.124. The van der Waals surface area contributed by atoms with Crippen LogP contribution in [0.15, 0.2) is 24.3 Å². The van der Waals surface area contributed by atoms with Crippen LogP contribution >= 0.6 is 0 Å². The quantitative estimate of drug-likeness (QED) is 0.539. The molecule has 134 valence electrons. The Morgan fingerprint density at radius 2 is 1.88 bits per heavy atom. The van der Waals surface area contributed by atoms with Crippen LogP contribution in [0.25, 0.3) is 0 Å². The molecule has 1 aromatic rings. The fourth-order valence-corrected chi connectivity index (χ4v) is 3.55. The number of unbranched alkanes of at least 4 members (excludes halogenated alkanes) is 2. The molecule has 24 heavy (non-hydrogen) atoms. The number of hydrogen-bond donors (Lipinski definition) is 0. The third-order valence-electron chi connectivity index (χ3n) is 5.14. The maximum Gasteiger partial charge on any atom is 0.142 e. The van der Waals surface area contributed by atoms with Crippen LogP contribution in [0, 0.1) is 0 Å². The van der Waals surface area contributed by atoms with Gasteiger partial charge in [0, 0.05) is 18.9 Å². The summed E-state index contributed by atoms with van der Waals surface area (Å²) in [6.07, 6.45) is 10.9. The van der Waals surface area contributed by atoms with E-state index in [4.69, 9.17) is 4.74 Å². The van der Waals surface area contributed by atoms with Crippen molar-refractivity contribution < 1.29 is 9.53 Å². The Hall–Kier alpha value is -1.15. The van der Waals surface area contributed by atoms with Gasteiger partial charge in [0.25, 0.3) is 0 Å². The van der Waals surface area contributed by atoms with Crippen molar-refractivity contribution in [3.63, 3.8) is 0 Å². The van der Waals surface area contributed by atoms with Gasteiger partial charge < -0.3 is 4.74 Å². The number of rotatable bonds is 10. The third kappa shape index (κ3) is 6.05. The number of benzene rings is 1. The van der Waals surface area contributed by atoms with Gasteiger partial charge >= 0.3 is 0 Å². The number of Topliss-reactive ketones (excluding diaryl/α,β-unsaturated/α-hetero) is 1. The average molecular weight is 331 g/mol. The number of ketones is 1. The van der Waals surface area contributed by atoms with Gasteiger partial charge in [0.15, 0.2) is 0 Å². The van der Waals surface area contributed by atoms with Gasteiger partial charge in [-0.15, -0.1) is 0 Å². The van der Waals surface area contributed by atoms with Crippen molar-refractivity contribution in [1.29, 1.82) is 0 Å². The summed E-state index contributed by atoms with van der Waals surface area (Å²) in [5.41, 5.74) is 2.59. The van der Waals surface area contributed by atoms with Gasteiger partial charge in [-0.3, -0.25) is 4.79 Å². The lowest BCUT2D eigenvalue weighted by Gasteiger charge is -2.24. The van der Waals surface area contributed by atoms with E-state index in [9.17, 15) is 4.79 Å². The summed E-state index contributed by atoms with van der Waals surface area (Å²) in [4.78, 5) is 12.9. The van der Waals surface area contributed by atoms with Crippen molar-refractivity contribution in [2.75, 3.05) is 6.61 Å². The Bertz CT molecular complexity index is 471. The lowest BCUT2D eigenvalue weighted by Crippen LogP contribution is -2.25. The predicted molar refractivity (Wildman–Crippen MR) is 101 cm³/mol. The molecular weight excluding hydrogens is 296 g/mol. The van der Waals surface area contributed by atoms with E-state index in [1.807, 2.05) is 0 Å². The Kier molecular flexibility index (Phi) is 8.52. The molecule has 0 saturated carbocycles. The van der Waals surface area contributed by atoms with E-state index < -0.39 is 0 Å². The second-order valence-electron chi connectivity index (χ2n) is 7.20. The number of ether oxygens (including phenoxy) is 1. The first kappa shape index (κ1) is 19.2. The number of aryl methyl sites for hydroxylation is 1. The Morgan fingerprint density at radius 1 is 1.12 bits per heavy atom. The molecule has 0 radical (unpaired) electrons. The molecule has 2 atom stereocenters. The molecule has 0 aliphatic carbocycles. The standard InChI is InChI=1S/C22H34O2/c1-3-5-9-18-12-14-19(15-13-18)21(11-6-4-2)22(23)17-20-10-7-8-16-24-20/h12-15,20-21H,3-11,16-17H2,1-2H3. The summed E-state index contributed by atoms with van der Waals surface area (Å²) in [7, 11) is 0. The van der Waals surface area contributed by atoms with Crippen LogP contribution in [0.3, 0.4) is 0 Å². The highest BCUT2D eigenvalue weighted by Gasteiger charge is 2.25. The largest absolute Gasteiger partial charge is 0.378 e. The molecule has 0 N–H and O–H groups in total. The second kappa shape index (κ2) is 10.7. The first-order valence-corrected chi connectivity index (χ1v) is 9.97. The molecule has 2 rings (SSSR count). The Morgan fingerprint density at radius 3 is 2.50 bits per heavy atom. The van der Waals surface area contributed by atoms with Crippen molar-refractivity contribution in [2.45, 2.75) is 90.1 Å². The zero-order chi connectivity index (χ0) is 17.2. The van der Waals surface area contributed by atoms with Gasteiger partial charge in [-0.2, -0.15) is 0 Å². The molecule has 1 heterocycles. The van der Waals surface area contributed by atoms with Gasteiger partial charge in [-0.1, -0.05) is 57.4 Å². The zero-order valence-corrected chi connectivity index (χ0v) is 15.6. The minimum absolute atomic E-state index is 0.0516. The van der Waals surface area contributed by atoms with Crippen LogP contribution in [0.4, 0.5) is 0 Å². The summed E-state index contributed by atoms with van der Waals surface area (Å²) in [5, 5.41) is 0. The minimum Gasteiger partial charge on any atom is -0.378 e. The number of hydrogen-bond acceptors (Lipinski definition) is 2. The van der Waals surface area contributed by atoms with E-state index in [0.29, 0.717) is 12.2 Å². The highest BCUT2D eigenvalue weighted by atomic mass is 16.5. The van der Waals surface area contributed by atoms with Gasteiger partial charge in [-0.25, -0.2) is 0 Å². The molecule has 1 aromatic carbocycles. The Labute approximate surface area is 148 Å². The molecule has 1 fully saturated rings. The van der Waals surface area contributed by atoms with Gasteiger partial charge in [0.1, 0.15) is 5.78 Å². The highest BCUT2D eigenvalue weighted by Crippen LogP contribution is 2.28. The monoisotopic (exact) mass is 330 g/mol. The van der Waals surface area contributed by atoms with Crippen molar-refractivity contribution >= 4 is 5.78 Å². The van der Waals surface area contributed by atoms with Crippen LogP contribution in [-0.2, 0) is 16.0 Å². The van der Waals surface area contributed by atoms with Crippen molar-refractivity contribution in [1.82, 2.24) is 0 Å². The molecule has 0 spiro atoms. The molecule has 1 aliphatic rings. The summed E-state index contributed by atoms with van der Waals surface area (Å²) >= 11 is 0. The lowest BCUT2D eigenvalue weighted by atomic mass is 9.86. The summed E-state index contributed by atoms with van der Waals surface area (Å²) in [6, 6.07) is 8.80. The van der Waals surface area contributed by atoms with Crippen LogP contribution < -0.4 is 0 Å². The molecule has 1 aliphatic heterocycles. The Balaban J connectivity index is 2.01. The molecule has 0 bridgehead atoms. The normalized spacial score (nSPS) is 19.2. The van der Waals surface area contributed by atoms with Gasteiger partial charge in [0.05, 0.1) is 6.10 Å². The van der Waals surface area contributed by atoms with Crippen molar-refractivity contribution in [3.8, 4) is 0 Å². The fourth-order valence-electron chi connectivity index (χ4n) is 3.55. The van der Waals surface area contributed by atoms with Gasteiger partial charge in [-0.05, 0) is 49.7 Å². The first-order valence-electron chi connectivity index (χ1n) is 9.97. The van der Waals surface area contributed by atoms with Crippen molar-refractivity contribution in [3.05, 3.63) is 35.4 Å². The molecule has 1 saturated heterocycles. The maximum absolute atomic E-state index is 12.9. The zero-order valence-electron chi connectivity index (χ0n) is 15.6. The van der Waals surface area contributed by atoms with E-state index in [1.54, 1.807) is 0 Å². The maximum atomic E-state index is 12.9. The topological polar surface area (TPSA) is 26.3 Å². The smallest absolute Gasteiger partial charge is 0.142 e. The predicted octanol–water partition coefficient (Wildman–Crippen LogP) is 5.83. The molecule has 2 unspecified atom stereocenters. The fraction of sp³-hybridized carbons (Fsp3) is 0.682. The summed E-state index contributed by atoms with van der Waals surface area (Å²) in [5.74, 6) is 0.423. The molecule has 2 heteroatoms. The number of carbonyl (C=O) groups excluding carboxylic acids is 1. The van der Waals surface area contributed by atoms with Crippen LogP contribution in [0.2, 0.25) is 0 Å². The minimum atomic E-state index is 0.0516. The summed E-state index contributed by atoms with van der Waals surface area (Å²) in [6.45, 7) is 5.24.